The molecule has 1 N–H and O–H groups in total. The number of hydrogen-bond donors (Lipinski definition) is 1. The minimum absolute atomic E-state index is 0.374. The summed E-state index contributed by atoms with van der Waals surface area (Å²) < 4.78 is 5.69. The average Bonchev–Trinajstić information content (AvgIpc) is 2.17. The summed E-state index contributed by atoms with van der Waals surface area (Å²) in [5, 5.41) is 3.45. The van der Waals surface area contributed by atoms with Crippen molar-refractivity contribution in [3.8, 4) is 0 Å². The highest BCUT2D eigenvalue weighted by molar-refractivity contribution is 4.83. The Morgan fingerprint density at radius 1 is 1.38 bits per heavy atom. The third-order valence-corrected chi connectivity index (χ3v) is 2.31. The molecule has 0 aromatic heterocycles. The molecule has 1 fully saturated rings. The van der Waals surface area contributed by atoms with Crippen LogP contribution in [0.1, 0.15) is 19.3 Å². The van der Waals surface area contributed by atoms with Gasteiger partial charge in [-0.25, -0.2) is 0 Å². The largest absolute Gasteiger partial charge is 0.375 e. The molecule has 0 aliphatic carbocycles. The van der Waals surface area contributed by atoms with Gasteiger partial charge in [0.05, 0.1) is 12.7 Å². The standard InChI is InChI=1S/C11H19NO/c1-3-5-7-11-8-12-10(6-4-2)9-13-11/h3-4,10-12H,1-2,5-9H2/t10-,11-/m0/s1. The van der Waals surface area contributed by atoms with Gasteiger partial charge in [-0.2, -0.15) is 0 Å². The Bertz CT molecular complexity index is 159. The number of allylic oxidation sites excluding steroid dienone is 1. The van der Waals surface area contributed by atoms with Gasteiger partial charge in [0.25, 0.3) is 0 Å². The molecule has 1 heterocycles. The lowest BCUT2D eigenvalue weighted by Gasteiger charge is -2.29. The van der Waals surface area contributed by atoms with Crippen LogP contribution in [0.25, 0.3) is 0 Å². The van der Waals surface area contributed by atoms with Gasteiger partial charge in [-0.3, -0.25) is 0 Å². The normalized spacial score (nSPS) is 28.3. The maximum atomic E-state index is 5.69. The van der Waals surface area contributed by atoms with Gasteiger partial charge >= 0.3 is 0 Å². The summed E-state index contributed by atoms with van der Waals surface area (Å²) in [5.74, 6) is 0. The molecule has 2 nitrogen and oxygen atoms in total. The first-order valence-electron chi connectivity index (χ1n) is 4.93. The van der Waals surface area contributed by atoms with E-state index in [1.165, 1.54) is 0 Å². The van der Waals surface area contributed by atoms with E-state index in [0.717, 1.165) is 32.4 Å². The van der Waals surface area contributed by atoms with E-state index < -0.39 is 0 Å². The molecular weight excluding hydrogens is 162 g/mol. The minimum atomic E-state index is 0.374. The highest BCUT2D eigenvalue weighted by Crippen LogP contribution is 2.09. The third kappa shape index (κ3) is 3.75. The van der Waals surface area contributed by atoms with Gasteiger partial charge in [0.1, 0.15) is 0 Å². The van der Waals surface area contributed by atoms with E-state index in [9.17, 15) is 0 Å². The van der Waals surface area contributed by atoms with E-state index in [-0.39, 0.29) is 0 Å². The average molecular weight is 181 g/mol. The number of hydrogen-bond acceptors (Lipinski definition) is 2. The second-order valence-corrected chi connectivity index (χ2v) is 3.45. The Kier molecular flexibility index (Phi) is 4.79. The third-order valence-electron chi connectivity index (χ3n) is 2.31. The fourth-order valence-electron chi connectivity index (χ4n) is 1.51. The van der Waals surface area contributed by atoms with Gasteiger partial charge in [0, 0.05) is 12.6 Å². The lowest BCUT2D eigenvalue weighted by molar-refractivity contribution is 0.00116. The van der Waals surface area contributed by atoms with Crippen LogP contribution in [0.4, 0.5) is 0 Å². The molecule has 0 saturated carbocycles. The summed E-state index contributed by atoms with van der Waals surface area (Å²) in [7, 11) is 0. The van der Waals surface area contributed by atoms with Crippen molar-refractivity contribution in [1.82, 2.24) is 5.32 Å². The highest BCUT2D eigenvalue weighted by atomic mass is 16.5. The lowest BCUT2D eigenvalue weighted by Crippen LogP contribution is -2.45. The van der Waals surface area contributed by atoms with Gasteiger partial charge in [0.2, 0.25) is 0 Å². The van der Waals surface area contributed by atoms with Crippen LogP contribution >= 0.6 is 0 Å². The van der Waals surface area contributed by atoms with Crippen LogP contribution in [0.3, 0.4) is 0 Å². The summed E-state index contributed by atoms with van der Waals surface area (Å²) in [6.07, 6.45) is 7.37. The molecule has 0 bridgehead atoms. The Morgan fingerprint density at radius 2 is 2.23 bits per heavy atom. The molecule has 1 rings (SSSR count). The van der Waals surface area contributed by atoms with Gasteiger partial charge < -0.3 is 10.1 Å². The minimum Gasteiger partial charge on any atom is -0.375 e. The van der Waals surface area contributed by atoms with Crippen LogP contribution in [0.15, 0.2) is 25.3 Å². The monoisotopic (exact) mass is 181 g/mol. The van der Waals surface area contributed by atoms with Crippen molar-refractivity contribution >= 4 is 0 Å². The number of nitrogens with one attached hydrogen (secondary N) is 1. The van der Waals surface area contributed by atoms with Crippen molar-refractivity contribution in [3.05, 3.63) is 25.3 Å². The zero-order chi connectivity index (χ0) is 9.52. The second kappa shape index (κ2) is 5.95. The summed E-state index contributed by atoms with van der Waals surface area (Å²) in [6.45, 7) is 9.19. The molecule has 13 heavy (non-hydrogen) atoms. The molecule has 0 spiro atoms. The Balaban J connectivity index is 2.14. The van der Waals surface area contributed by atoms with Crippen LogP contribution in [0.5, 0.6) is 0 Å². The van der Waals surface area contributed by atoms with E-state index in [1.54, 1.807) is 0 Å². The first kappa shape index (κ1) is 10.5. The molecule has 0 aromatic rings. The van der Waals surface area contributed by atoms with Crippen LogP contribution in [0, 0.1) is 0 Å². The predicted octanol–water partition coefficient (Wildman–Crippen LogP) is 1.89. The summed E-state index contributed by atoms with van der Waals surface area (Å²) in [4.78, 5) is 0. The van der Waals surface area contributed by atoms with Crippen molar-refractivity contribution in [2.24, 2.45) is 0 Å². The smallest absolute Gasteiger partial charge is 0.0703 e. The molecule has 2 atom stereocenters. The molecule has 1 aliphatic heterocycles. The van der Waals surface area contributed by atoms with Crippen molar-refractivity contribution in [3.63, 3.8) is 0 Å². The van der Waals surface area contributed by atoms with Gasteiger partial charge in [0.15, 0.2) is 0 Å². The maximum absolute atomic E-state index is 5.69. The fourth-order valence-corrected chi connectivity index (χ4v) is 1.51. The number of rotatable bonds is 5. The molecule has 1 saturated heterocycles. The van der Waals surface area contributed by atoms with Crippen LogP contribution in [0.2, 0.25) is 0 Å². The van der Waals surface area contributed by atoms with E-state index in [2.05, 4.69) is 18.5 Å². The quantitative estimate of drug-likeness (QED) is 0.654. The summed E-state index contributed by atoms with van der Waals surface area (Å²) in [5.41, 5.74) is 0. The van der Waals surface area contributed by atoms with Crippen LogP contribution in [-0.2, 0) is 4.74 Å². The number of morpholine rings is 1. The first-order chi connectivity index (χ1) is 6.36. The zero-order valence-electron chi connectivity index (χ0n) is 8.17. The van der Waals surface area contributed by atoms with Crippen molar-refractivity contribution < 1.29 is 4.74 Å². The zero-order valence-corrected chi connectivity index (χ0v) is 8.17. The molecule has 2 heteroatoms. The molecule has 0 radical (unpaired) electrons. The van der Waals surface area contributed by atoms with Crippen LogP contribution in [-0.4, -0.2) is 25.3 Å². The van der Waals surface area contributed by atoms with Crippen molar-refractivity contribution in [1.29, 1.82) is 0 Å². The Morgan fingerprint density at radius 3 is 2.77 bits per heavy atom. The molecule has 0 amide bonds. The highest BCUT2D eigenvalue weighted by Gasteiger charge is 2.18. The predicted molar refractivity (Wildman–Crippen MR) is 55.8 cm³/mol. The van der Waals surface area contributed by atoms with Crippen molar-refractivity contribution in [2.45, 2.75) is 31.4 Å². The van der Waals surface area contributed by atoms with E-state index in [4.69, 9.17) is 4.74 Å². The van der Waals surface area contributed by atoms with E-state index >= 15 is 0 Å². The first-order valence-corrected chi connectivity index (χ1v) is 4.93. The van der Waals surface area contributed by atoms with Gasteiger partial charge in [-0.1, -0.05) is 12.2 Å². The van der Waals surface area contributed by atoms with E-state index in [0.29, 0.717) is 12.1 Å². The second-order valence-electron chi connectivity index (χ2n) is 3.45. The van der Waals surface area contributed by atoms with E-state index in [1.807, 2.05) is 12.2 Å². The molecule has 0 aromatic carbocycles. The molecule has 0 unspecified atom stereocenters. The topological polar surface area (TPSA) is 21.3 Å². The van der Waals surface area contributed by atoms with Crippen molar-refractivity contribution in [2.75, 3.05) is 13.2 Å². The molecule has 74 valence electrons. The number of ether oxygens (including phenoxy) is 1. The summed E-state index contributed by atoms with van der Waals surface area (Å²) >= 11 is 0. The fraction of sp³-hybridized carbons (Fsp3) is 0.636. The maximum Gasteiger partial charge on any atom is 0.0703 e. The molecule has 1 aliphatic rings. The van der Waals surface area contributed by atoms with Gasteiger partial charge in [-0.15, -0.1) is 13.2 Å². The Labute approximate surface area is 80.7 Å². The van der Waals surface area contributed by atoms with Gasteiger partial charge in [-0.05, 0) is 19.3 Å². The van der Waals surface area contributed by atoms with Crippen LogP contribution < -0.4 is 5.32 Å². The molecular formula is C11H19NO. The lowest BCUT2D eigenvalue weighted by atomic mass is 10.1. The SMILES string of the molecule is C=CCC[C@H]1CN[C@@H](CC=C)CO1. The summed E-state index contributed by atoms with van der Waals surface area (Å²) in [6, 6.07) is 0.470. The Hall–Kier alpha value is -0.600.